The van der Waals surface area contributed by atoms with Gasteiger partial charge in [-0.2, -0.15) is 0 Å². The summed E-state index contributed by atoms with van der Waals surface area (Å²) in [5, 5.41) is 0. The summed E-state index contributed by atoms with van der Waals surface area (Å²) in [7, 11) is 0. The first-order valence-electron chi connectivity index (χ1n) is 6.06. The number of hydrogen-bond donors (Lipinski definition) is 0. The highest BCUT2D eigenvalue weighted by Crippen LogP contribution is 2.07. The smallest absolute Gasteiger partial charge is 0.0351 e. The lowest BCUT2D eigenvalue weighted by molar-refractivity contribution is 0.611. The fraction of sp³-hybridized carbons (Fsp3) is 0.846. The molecule has 0 aliphatic rings. The molecule has 0 fully saturated rings. The van der Waals surface area contributed by atoms with Crippen LogP contribution >= 0.6 is 0 Å². The van der Waals surface area contributed by atoms with Crippen molar-refractivity contribution in [2.24, 2.45) is 0 Å². The average Bonchev–Trinajstić information content (AvgIpc) is 2.16. The molecule has 0 saturated carbocycles. The van der Waals surface area contributed by atoms with E-state index >= 15 is 0 Å². The molecule has 0 nitrogen and oxygen atoms in total. The van der Waals surface area contributed by atoms with Crippen molar-refractivity contribution in [3.05, 3.63) is 12.2 Å². The zero-order valence-electron chi connectivity index (χ0n) is 9.52. The third kappa shape index (κ3) is 11.7. The van der Waals surface area contributed by atoms with Crippen molar-refractivity contribution >= 4 is 0 Å². The van der Waals surface area contributed by atoms with Gasteiger partial charge in [-0.15, -0.1) is 0 Å². The van der Waals surface area contributed by atoms with Gasteiger partial charge in [0.1, 0.15) is 0 Å². The second-order valence-corrected chi connectivity index (χ2v) is 3.82. The Labute approximate surface area is 84.4 Å². The Morgan fingerprint density at radius 1 is 0.615 bits per heavy atom. The van der Waals surface area contributed by atoms with Gasteiger partial charge in [-0.3, -0.25) is 0 Å². The molecule has 0 aromatic carbocycles. The fourth-order valence-corrected chi connectivity index (χ4v) is 1.44. The molecule has 0 heteroatoms. The minimum atomic E-state index is 1.26. The van der Waals surface area contributed by atoms with Gasteiger partial charge >= 0.3 is 0 Å². The molecule has 0 radical (unpaired) electrons. The molecule has 0 unspecified atom stereocenters. The first-order valence-corrected chi connectivity index (χ1v) is 6.06. The summed E-state index contributed by atoms with van der Waals surface area (Å²) in [6.45, 7) is 4.50. The Bertz CT molecular complexity index is 103. The Morgan fingerprint density at radius 2 is 1.23 bits per heavy atom. The minimum absolute atomic E-state index is 1.26. The summed E-state index contributed by atoms with van der Waals surface area (Å²) in [4.78, 5) is 0. The van der Waals surface area contributed by atoms with Crippen molar-refractivity contribution in [1.29, 1.82) is 0 Å². The van der Waals surface area contributed by atoms with Crippen LogP contribution in [0.5, 0.6) is 0 Å². The van der Waals surface area contributed by atoms with E-state index in [2.05, 4.69) is 26.0 Å². The van der Waals surface area contributed by atoms with Gasteiger partial charge in [-0.25, -0.2) is 0 Å². The van der Waals surface area contributed by atoms with Gasteiger partial charge in [0.25, 0.3) is 0 Å². The molecule has 0 heterocycles. The molecule has 0 atom stereocenters. The predicted molar refractivity (Wildman–Crippen MR) is 62.0 cm³/mol. The topological polar surface area (TPSA) is 0 Å². The maximum absolute atomic E-state index is 2.35. The lowest BCUT2D eigenvalue weighted by Crippen LogP contribution is -1.77. The first kappa shape index (κ1) is 12.7. The maximum atomic E-state index is 2.35. The second-order valence-electron chi connectivity index (χ2n) is 3.82. The first-order chi connectivity index (χ1) is 6.41. The van der Waals surface area contributed by atoms with E-state index in [1.54, 1.807) is 0 Å². The average molecular weight is 182 g/mol. The van der Waals surface area contributed by atoms with Gasteiger partial charge in [-0.05, 0) is 19.3 Å². The third-order valence-electron chi connectivity index (χ3n) is 2.35. The lowest BCUT2D eigenvalue weighted by atomic mass is 10.1. The number of hydrogen-bond acceptors (Lipinski definition) is 0. The van der Waals surface area contributed by atoms with Crippen molar-refractivity contribution < 1.29 is 0 Å². The maximum Gasteiger partial charge on any atom is -0.0351 e. The van der Waals surface area contributed by atoms with Crippen LogP contribution < -0.4 is 0 Å². The molecular weight excluding hydrogens is 156 g/mol. The molecule has 0 saturated heterocycles. The Morgan fingerprint density at radius 3 is 1.92 bits per heavy atom. The normalized spacial score (nSPS) is 11.2. The van der Waals surface area contributed by atoms with Crippen molar-refractivity contribution in [2.75, 3.05) is 0 Å². The molecule has 13 heavy (non-hydrogen) atoms. The molecule has 0 aliphatic heterocycles. The summed E-state index contributed by atoms with van der Waals surface area (Å²) < 4.78 is 0. The Kier molecular flexibility index (Phi) is 11.5. The van der Waals surface area contributed by atoms with Crippen LogP contribution in [0.3, 0.4) is 0 Å². The lowest BCUT2D eigenvalue weighted by Gasteiger charge is -1.97. The molecule has 0 aliphatic carbocycles. The van der Waals surface area contributed by atoms with Crippen LogP contribution in [0.1, 0.15) is 71.6 Å². The highest BCUT2D eigenvalue weighted by molar-refractivity contribution is 4.80. The monoisotopic (exact) mass is 182 g/mol. The third-order valence-corrected chi connectivity index (χ3v) is 2.35. The number of unbranched alkanes of at least 4 members (excludes halogenated alkanes) is 7. The Balaban J connectivity index is 2.91. The molecule has 0 aromatic rings. The SMILES string of the molecule is CCC/C=C/CCCCCCCC. The summed E-state index contributed by atoms with van der Waals surface area (Å²) >= 11 is 0. The summed E-state index contributed by atoms with van der Waals surface area (Å²) in [5.74, 6) is 0. The van der Waals surface area contributed by atoms with Gasteiger partial charge in [0.2, 0.25) is 0 Å². The highest BCUT2D eigenvalue weighted by Gasteiger charge is 1.87. The van der Waals surface area contributed by atoms with E-state index in [1.807, 2.05) is 0 Å². The van der Waals surface area contributed by atoms with E-state index in [4.69, 9.17) is 0 Å². The molecular formula is C13H26. The van der Waals surface area contributed by atoms with Crippen LogP contribution in [0.4, 0.5) is 0 Å². The van der Waals surface area contributed by atoms with Crippen molar-refractivity contribution in [3.63, 3.8) is 0 Å². The van der Waals surface area contributed by atoms with Crippen LogP contribution in [-0.4, -0.2) is 0 Å². The van der Waals surface area contributed by atoms with Crippen molar-refractivity contribution in [2.45, 2.75) is 71.6 Å². The van der Waals surface area contributed by atoms with E-state index in [0.29, 0.717) is 0 Å². The Hall–Kier alpha value is -0.260. The zero-order valence-corrected chi connectivity index (χ0v) is 9.52. The molecule has 0 aromatic heterocycles. The van der Waals surface area contributed by atoms with Crippen LogP contribution in [-0.2, 0) is 0 Å². The van der Waals surface area contributed by atoms with Gasteiger partial charge in [0.05, 0.1) is 0 Å². The predicted octanol–water partition coefficient (Wildman–Crippen LogP) is 5.09. The van der Waals surface area contributed by atoms with E-state index in [-0.39, 0.29) is 0 Å². The number of allylic oxidation sites excluding steroid dienone is 2. The highest BCUT2D eigenvalue weighted by atomic mass is 13.9. The van der Waals surface area contributed by atoms with Crippen LogP contribution in [0.2, 0.25) is 0 Å². The van der Waals surface area contributed by atoms with E-state index in [1.165, 1.54) is 57.8 Å². The van der Waals surface area contributed by atoms with Gasteiger partial charge in [-0.1, -0.05) is 64.5 Å². The second kappa shape index (κ2) is 11.7. The molecule has 78 valence electrons. The standard InChI is InChI=1S/C13H26/c1-3-5-7-9-11-13-12-10-8-6-4-2/h7,9H,3-6,8,10-13H2,1-2H3/b9-7+. The zero-order chi connectivity index (χ0) is 9.78. The van der Waals surface area contributed by atoms with Gasteiger partial charge in [0, 0.05) is 0 Å². The van der Waals surface area contributed by atoms with Gasteiger partial charge in [0.15, 0.2) is 0 Å². The number of rotatable bonds is 9. The van der Waals surface area contributed by atoms with E-state index in [9.17, 15) is 0 Å². The van der Waals surface area contributed by atoms with Gasteiger partial charge < -0.3 is 0 Å². The largest absolute Gasteiger partial charge is 0.0885 e. The van der Waals surface area contributed by atoms with Crippen molar-refractivity contribution in [3.8, 4) is 0 Å². The van der Waals surface area contributed by atoms with Crippen LogP contribution in [0, 0.1) is 0 Å². The molecule has 0 bridgehead atoms. The minimum Gasteiger partial charge on any atom is -0.0885 e. The summed E-state index contributed by atoms with van der Waals surface area (Å²) in [6, 6.07) is 0. The molecule has 0 rings (SSSR count). The molecule has 0 amide bonds. The van der Waals surface area contributed by atoms with E-state index in [0.717, 1.165) is 0 Å². The molecule has 0 N–H and O–H groups in total. The van der Waals surface area contributed by atoms with E-state index < -0.39 is 0 Å². The van der Waals surface area contributed by atoms with Crippen LogP contribution in [0.15, 0.2) is 12.2 Å². The molecule has 0 spiro atoms. The summed E-state index contributed by atoms with van der Waals surface area (Å²) in [5.41, 5.74) is 0. The quantitative estimate of drug-likeness (QED) is 0.344. The summed E-state index contributed by atoms with van der Waals surface area (Å²) in [6.07, 6.45) is 17.0. The van der Waals surface area contributed by atoms with Crippen LogP contribution in [0.25, 0.3) is 0 Å². The fourth-order valence-electron chi connectivity index (χ4n) is 1.44. The van der Waals surface area contributed by atoms with Crippen molar-refractivity contribution in [1.82, 2.24) is 0 Å².